The molecule has 1 aliphatic rings. The number of carbonyl (C=O) groups excluding carboxylic acids is 1. The fourth-order valence-corrected chi connectivity index (χ4v) is 1.94. The monoisotopic (exact) mass is 271 g/mol. The average Bonchev–Trinajstić information content (AvgIpc) is 2.53. The molecular weight excluding hydrogens is 254 g/mol. The number of pyridine rings is 1. The van der Waals surface area contributed by atoms with E-state index < -0.39 is 0 Å². The first-order chi connectivity index (χ1) is 9.81. The SMILES string of the molecule is N#C/C(=C/NCc1ccccn1)C(=O)N1CCNCC1. The van der Waals surface area contributed by atoms with Crippen LogP contribution in [-0.4, -0.2) is 42.0 Å². The van der Waals surface area contributed by atoms with Crippen molar-refractivity contribution in [3.8, 4) is 6.07 Å². The van der Waals surface area contributed by atoms with Gasteiger partial charge in [-0.1, -0.05) is 6.07 Å². The van der Waals surface area contributed by atoms with E-state index in [1.54, 1.807) is 11.1 Å². The largest absolute Gasteiger partial charge is 0.384 e. The van der Waals surface area contributed by atoms with Crippen LogP contribution in [0.5, 0.6) is 0 Å². The standard InChI is InChI=1S/C14H17N5O/c15-9-12(14(20)19-7-5-16-6-8-19)10-17-11-13-3-1-2-4-18-13/h1-4,10,16-17H,5-8,11H2/b12-10-. The molecule has 1 fully saturated rings. The predicted molar refractivity (Wildman–Crippen MR) is 74.2 cm³/mol. The maximum Gasteiger partial charge on any atom is 0.266 e. The molecule has 0 spiro atoms. The molecule has 6 nitrogen and oxygen atoms in total. The van der Waals surface area contributed by atoms with Crippen LogP contribution in [0, 0.1) is 11.3 Å². The summed E-state index contributed by atoms with van der Waals surface area (Å²) in [5.74, 6) is -0.220. The molecule has 1 aromatic rings. The highest BCUT2D eigenvalue weighted by Crippen LogP contribution is 2.02. The van der Waals surface area contributed by atoms with Crippen LogP contribution in [0.4, 0.5) is 0 Å². The lowest BCUT2D eigenvalue weighted by Crippen LogP contribution is -2.46. The topological polar surface area (TPSA) is 81.0 Å². The fourth-order valence-electron chi connectivity index (χ4n) is 1.94. The van der Waals surface area contributed by atoms with E-state index in [0.717, 1.165) is 18.8 Å². The van der Waals surface area contributed by atoms with E-state index in [9.17, 15) is 4.79 Å². The van der Waals surface area contributed by atoms with Crippen LogP contribution in [0.1, 0.15) is 5.69 Å². The molecule has 20 heavy (non-hydrogen) atoms. The van der Waals surface area contributed by atoms with Gasteiger partial charge in [-0.3, -0.25) is 9.78 Å². The Hall–Kier alpha value is -2.39. The predicted octanol–water partition coefficient (Wildman–Crippen LogP) is 0.0105. The van der Waals surface area contributed by atoms with Crippen molar-refractivity contribution in [3.05, 3.63) is 41.9 Å². The van der Waals surface area contributed by atoms with Crippen LogP contribution in [0.25, 0.3) is 0 Å². The first-order valence-corrected chi connectivity index (χ1v) is 6.55. The number of carbonyl (C=O) groups is 1. The number of rotatable bonds is 4. The summed E-state index contributed by atoms with van der Waals surface area (Å²) in [5.41, 5.74) is 0.985. The maximum absolute atomic E-state index is 12.1. The third-order valence-electron chi connectivity index (χ3n) is 3.01. The highest BCUT2D eigenvalue weighted by molar-refractivity contribution is 5.97. The Balaban J connectivity index is 1.92. The summed E-state index contributed by atoms with van der Waals surface area (Å²) < 4.78 is 0. The summed E-state index contributed by atoms with van der Waals surface area (Å²) in [6.45, 7) is 3.30. The zero-order valence-electron chi connectivity index (χ0n) is 11.2. The van der Waals surface area contributed by atoms with Gasteiger partial charge in [0.2, 0.25) is 0 Å². The van der Waals surface area contributed by atoms with Gasteiger partial charge in [-0.15, -0.1) is 0 Å². The van der Waals surface area contributed by atoms with Crippen molar-refractivity contribution in [1.82, 2.24) is 20.5 Å². The second-order valence-electron chi connectivity index (χ2n) is 4.41. The summed E-state index contributed by atoms with van der Waals surface area (Å²) in [6, 6.07) is 7.57. The minimum absolute atomic E-state index is 0.128. The Morgan fingerprint density at radius 2 is 2.30 bits per heavy atom. The molecule has 2 heterocycles. The minimum Gasteiger partial charge on any atom is -0.384 e. The first kappa shape index (κ1) is 14.0. The van der Waals surface area contributed by atoms with E-state index >= 15 is 0 Å². The average molecular weight is 271 g/mol. The third-order valence-corrected chi connectivity index (χ3v) is 3.01. The molecule has 0 bridgehead atoms. The van der Waals surface area contributed by atoms with Crippen molar-refractivity contribution in [2.75, 3.05) is 26.2 Å². The van der Waals surface area contributed by atoms with E-state index in [1.165, 1.54) is 6.20 Å². The van der Waals surface area contributed by atoms with Crippen LogP contribution in [-0.2, 0) is 11.3 Å². The molecule has 104 valence electrons. The number of piperazine rings is 1. The highest BCUT2D eigenvalue weighted by atomic mass is 16.2. The fraction of sp³-hybridized carbons (Fsp3) is 0.357. The Morgan fingerprint density at radius 3 is 2.95 bits per heavy atom. The van der Waals surface area contributed by atoms with E-state index in [0.29, 0.717) is 19.6 Å². The van der Waals surface area contributed by atoms with Crippen LogP contribution in [0.3, 0.4) is 0 Å². The molecule has 2 N–H and O–H groups in total. The van der Waals surface area contributed by atoms with Gasteiger partial charge < -0.3 is 15.5 Å². The van der Waals surface area contributed by atoms with Crippen LogP contribution in [0.2, 0.25) is 0 Å². The second kappa shape index (κ2) is 7.26. The summed E-state index contributed by atoms with van der Waals surface area (Å²) >= 11 is 0. The molecule has 1 saturated heterocycles. The summed E-state index contributed by atoms with van der Waals surface area (Å²) in [5, 5.41) is 15.2. The van der Waals surface area contributed by atoms with Crippen LogP contribution >= 0.6 is 0 Å². The molecule has 0 aromatic carbocycles. The lowest BCUT2D eigenvalue weighted by atomic mass is 10.2. The second-order valence-corrected chi connectivity index (χ2v) is 4.41. The van der Waals surface area contributed by atoms with Gasteiger partial charge >= 0.3 is 0 Å². The van der Waals surface area contributed by atoms with E-state index in [4.69, 9.17) is 5.26 Å². The minimum atomic E-state index is -0.220. The molecule has 0 aliphatic carbocycles. The maximum atomic E-state index is 12.1. The normalized spacial score (nSPS) is 15.6. The van der Waals surface area contributed by atoms with E-state index in [1.807, 2.05) is 24.3 Å². The smallest absolute Gasteiger partial charge is 0.266 e. The molecule has 0 unspecified atom stereocenters. The number of nitrogens with one attached hydrogen (secondary N) is 2. The van der Waals surface area contributed by atoms with Gasteiger partial charge in [0.15, 0.2) is 0 Å². The van der Waals surface area contributed by atoms with Crippen molar-refractivity contribution < 1.29 is 4.79 Å². The van der Waals surface area contributed by atoms with Gasteiger partial charge in [0, 0.05) is 38.6 Å². The van der Waals surface area contributed by atoms with Gasteiger partial charge in [-0.25, -0.2) is 0 Å². The number of hydrogen-bond donors (Lipinski definition) is 2. The summed E-state index contributed by atoms with van der Waals surface area (Å²) in [6.07, 6.45) is 3.18. The Labute approximate surface area is 118 Å². The number of amides is 1. The number of nitrogens with zero attached hydrogens (tertiary/aromatic N) is 3. The highest BCUT2D eigenvalue weighted by Gasteiger charge is 2.19. The number of nitriles is 1. The van der Waals surface area contributed by atoms with Crippen molar-refractivity contribution in [2.45, 2.75) is 6.54 Å². The number of hydrogen-bond acceptors (Lipinski definition) is 5. The molecule has 6 heteroatoms. The Bertz CT molecular complexity index is 514. The molecule has 1 aromatic heterocycles. The van der Waals surface area contributed by atoms with Crippen LogP contribution < -0.4 is 10.6 Å². The zero-order valence-corrected chi connectivity index (χ0v) is 11.2. The third kappa shape index (κ3) is 3.80. The first-order valence-electron chi connectivity index (χ1n) is 6.55. The zero-order chi connectivity index (χ0) is 14.2. The number of aromatic nitrogens is 1. The van der Waals surface area contributed by atoms with Crippen molar-refractivity contribution in [1.29, 1.82) is 5.26 Å². The van der Waals surface area contributed by atoms with Crippen molar-refractivity contribution >= 4 is 5.91 Å². The summed E-state index contributed by atoms with van der Waals surface area (Å²) in [7, 11) is 0. The van der Waals surface area contributed by atoms with Gasteiger partial charge in [-0.05, 0) is 12.1 Å². The molecule has 1 aliphatic heterocycles. The Kier molecular flexibility index (Phi) is 5.09. The van der Waals surface area contributed by atoms with Crippen molar-refractivity contribution in [3.63, 3.8) is 0 Å². The molecule has 2 rings (SSSR count). The van der Waals surface area contributed by atoms with Gasteiger partial charge in [-0.2, -0.15) is 5.26 Å². The quantitative estimate of drug-likeness (QED) is 0.595. The molecular formula is C14H17N5O. The van der Waals surface area contributed by atoms with E-state index in [2.05, 4.69) is 15.6 Å². The van der Waals surface area contributed by atoms with Gasteiger partial charge in [0.25, 0.3) is 5.91 Å². The van der Waals surface area contributed by atoms with E-state index in [-0.39, 0.29) is 11.5 Å². The lowest BCUT2D eigenvalue weighted by Gasteiger charge is -2.27. The molecule has 0 radical (unpaired) electrons. The van der Waals surface area contributed by atoms with Crippen molar-refractivity contribution in [2.24, 2.45) is 0 Å². The summed E-state index contributed by atoms with van der Waals surface area (Å²) in [4.78, 5) is 18.0. The Morgan fingerprint density at radius 1 is 1.50 bits per heavy atom. The van der Waals surface area contributed by atoms with Gasteiger partial charge in [0.05, 0.1) is 12.2 Å². The van der Waals surface area contributed by atoms with Crippen LogP contribution in [0.15, 0.2) is 36.2 Å². The van der Waals surface area contributed by atoms with Gasteiger partial charge in [0.1, 0.15) is 11.6 Å². The molecule has 1 amide bonds. The lowest BCUT2D eigenvalue weighted by molar-refractivity contribution is -0.127. The molecule has 0 saturated carbocycles. The molecule has 0 atom stereocenters.